The largest absolute Gasteiger partial charge is 0.350 e. The van der Waals surface area contributed by atoms with Gasteiger partial charge in [0.15, 0.2) is 4.34 Å². The van der Waals surface area contributed by atoms with E-state index >= 15 is 0 Å². The zero-order valence-electron chi connectivity index (χ0n) is 19.8. The van der Waals surface area contributed by atoms with Crippen LogP contribution in [-0.2, 0) is 14.4 Å². The number of aromatic nitrogens is 1. The molecule has 2 heterocycles. The SMILES string of the molecule is O=C(CSc1nc2ccc(N3C(=O)[C@H]4CCCC[C@H]4C3=O)cc2s1)NC12CC3CC(CC(C3)C1)C2. The van der Waals surface area contributed by atoms with Crippen LogP contribution in [0.4, 0.5) is 5.69 Å². The molecule has 8 rings (SSSR count). The lowest BCUT2D eigenvalue weighted by Gasteiger charge is -2.56. The van der Waals surface area contributed by atoms with Crippen molar-refractivity contribution in [2.45, 2.75) is 74.1 Å². The summed E-state index contributed by atoms with van der Waals surface area (Å²) < 4.78 is 1.80. The van der Waals surface area contributed by atoms with Gasteiger partial charge in [0.05, 0.1) is 33.5 Å². The molecule has 35 heavy (non-hydrogen) atoms. The van der Waals surface area contributed by atoms with Gasteiger partial charge in [0, 0.05) is 5.54 Å². The predicted octanol–water partition coefficient (Wildman–Crippen LogP) is 5.15. The van der Waals surface area contributed by atoms with Gasteiger partial charge in [0.25, 0.3) is 0 Å². The highest BCUT2D eigenvalue weighted by Crippen LogP contribution is 2.55. The second-order valence-corrected chi connectivity index (χ2v) is 13.9. The number of rotatable bonds is 5. The molecule has 1 aromatic carbocycles. The van der Waals surface area contributed by atoms with Crippen molar-refractivity contribution in [3.05, 3.63) is 18.2 Å². The van der Waals surface area contributed by atoms with Gasteiger partial charge in [-0.05, 0) is 87.3 Å². The molecule has 6 fully saturated rings. The number of nitrogens with zero attached hydrogens (tertiary/aromatic N) is 2. The zero-order valence-corrected chi connectivity index (χ0v) is 21.5. The third-order valence-corrected chi connectivity index (χ3v) is 11.4. The van der Waals surface area contributed by atoms with Gasteiger partial charge < -0.3 is 5.32 Å². The molecule has 8 heteroatoms. The summed E-state index contributed by atoms with van der Waals surface area (Å²) in [7, 11) is 0. The molecule has 5 saturated carbocycles. The van der Waals surface area contributed by atoms with Gasteiger partial charge in [-0.15, -0.1) is 11.3 Å². The van der Waals surface area contributed by atoms with Crippen LogP contribution in [0, 0.1) is 29.6 Å². The topological polar surface area (TPSA) is 79.4 Å². The summed E-state index contributed by atoms with van der Waals surface area (Å²) in [6, 6.07) is 5.65. The minimum atomic E-state index is -0.146. The van der Waals surface area contributed by atoms with Gasteiger partial charge >= 0.3 is 0 Å². The van der Waals surface area contributed by atoms with Crippen molar-refractivity contribution >= 4 is 56.7 Å². The molecule has 4 bridgehead atoms. The highest BCUT2D eigenvalue weighted by molar-refractivity contribution is 8.01. The highest BCUT2D eigenvalue weighted by atomic mass is 32.2. The quantitative estimate of drug-likeness (QED) is 0.445. The normalized spacial score (nSPS) is 35.7. The Bertz CT molecular complexity index is 1160. The molecule has 6 aliphatic rings. The van der Waals surface area contributed by atoms with Crippen molar-refractivity contribution in [1.82, 2.24) is 10.3 Å². The number of anilines is 1. The number of imide groups is 1. The van der Waals surface area contributed by atoms with Gasteiger partial charge in [-0.1, -0.05) is 24.6 Å². The number of hydrogen-bond acceptors (Lipinski definition) is 6. The summed E-state index contributed by atoms with van der Waals surface area (Å²) >= 11 is 3.02. The van der Waals surface area contributed by atoms with E-state index in [0.717, 1.165) is 77.3 Å². The minimum absolute atomic E-state index is 0.0421. The number of hydrogen-bond donors (Lipinski definition) is 1. The number of amides is 3. The summed E-state index contributed by atoms with van der Waals surface area (Å²) in [6.07, 6.45) is 11.3. The third kappa shape index (κ3) is 3.82. The van der Waals surface area contributed by atoms with E-state index in [1.54, 1.807) is 0 Å². The zero-order chi connectivity index (χ0) is 23.7. The molecule has 0 spiro atoms. The van der Waals surface area contributed by atoms with E-state index in [2.05, 4.69) is 5.32 Å². The number of carbonyl (C=O) groups excluding carboxylic acids is 3. The number of fused-ring (bicyclic) bond motifs is 2. The van der Waals surface area contributed by atoms with Crippen LogP contribution < -0.4 is 10.2 Å². The Labute approximate surface area is 213 Å². The number of carbonyl (C=O) groups is 3. The molecular formula is C27H31N3O3S2. The second-order valence-electron chi connectivity index (χ2n) is 11.7. The maximum absolute atomic E-state index is 13.0. The predicted molar refractivity (Wildman–Crippen MR) is 137 cm³/mol. The Morgan fingerprint density at radius 3 is 2.29 bits per heavy atom. The maximum atomic E-state index is 13.0. The molecule has 3 amide bonds. The van der Waals surface area contributed by atoms with E-state index < -0.39 is 0 Å². The van der Waals surface area contributed by atoms with Crippen molar-refractivity contribution in [1.29, 1.82) is 0 Å². The lowest BCUT2D eigenvalue weighted by molar-refractivity contribution is -0.124. The van der Waals surface area contributed by atoms with E-state index in [0.29, 0.717) is 11.4 Å². The van der Waals surface area contributed by atoms with Crippen molar-refractivity contribution in [3.8, 4) is 0 Å². The third-order valence-electron chi connectivity index (χ3n) is 9.22. The van der Waals surface area contributed by atoms with E-state index in [1.165, 1.54) is 47.3 Å². The highest BCUT2D eigenvalue weighted by Gasteiger charge is 2.51. The second kappa shape index (κ2) is 8.30. The molecule has 6 nitrogen and oxygen atoms in total. The summed E-state index contributed by atoms with van der Waals surface area (Å²) in [4.78, 5) is 45.0. The van der Waals surface area contributed by atoms with Gasteiger partial charge in [0.1, 0.15) is 0 Å². The summed E-state index contributed by atoms with van der Waals surface area (Å²) in [6.45, 7) is 0. The Morgan fingerprint density at radius 2 is 1.66 bits per heavy atom. The average Bonchev–Trinajstić information content (AvgIpc) is 3.34. The van der Waals surface area contributed by atoms with E-state index in [9.17, 15) is 14.4 Å². The fourth-order valence-electron chi connectivity index (χ4n) is 8.23. The first kappa shape index (κ1) is 22.3. The molecule has 1 aromatic heterocycles. The average molecular weight is 510 g/mol. The maximum Gasteiger partial charge on any atom is 0.237 e. The molecule has 1 aliphatic heterocycles. The van der Waals surface area contributed by atoms with Crippen LogP contribution >= 0.6 is 23.1 Å². The lowest BCUT2D eigenvalue weighted by atomic mass is 9.53. The summed E-state index contributed by atoms with van der Waals surface area (Å²) in [5, 5.41) is 3.44. The molecule has 5 aliphatic carbocycles. The van der Waals surface area contributed by atoms with Crippen LogP contribution in [0.2, 0.25) is 0 Å². The van der Waals surface area contributed by atoms with E-state index in [1.807, 2.05) is 18.2 Å². The van der Waals surface area contributed by atoms with Gasteiger partial charge in [-0.3, -0.25) is 19.3 Å². The smallest absolute Gasteiger partial charge is 0.237 e. The first-order valence-corrected chi connectivity index (χ1v) is 15.0. The van der Waals surface area contributed by atoms with Crippen LogP contribution in [0.5, 0.6) is 0 Å². The van der Waals surface area contributed by atoms with Crippen molar-refractivity contribution in [3.63, 3.8) is 0 Å². The summed E-state index contributed by atoms with van der Waals surface area (Å²) in [5.41, 5.74) is 1.54. The Morgan fingerprint density at radius 1 is 1.03 bits per heavy atom. The minimum Gasteiger partial charge on any atom is -0.350 e. The van der Waals surface area contributed by atoms with Crippen molar-refractivity contribution in [2.24, 2.45) is 29.6 Å². The molecule has 1 N–H and O–H groups in total. The van der Waals surface area contributed by atoms with Crippen LogP contribution in [0.1, 0.15) is 64.2 Å². The first-order valence-electron chi connectivity index (χ1n) is 13.2. The van der Waals surface area contributed by atoms with Crippen LogP contribution in [0.15, 0.2) is 22.5 Å². The molecule has 184 valence electrons. The van der Waals surface area contributed by atoms with Crippen LogP contribution in [-0.4, -0.2) is 34.0 Å². The fraction of sp³-hybridized carbons (Fsp3) is 0.630. The molecular weight excluding hydrogens is 478 g/mol. The lowest BCUT2D eigenvalue weighted by Crippen LogP contribution is -2.60. The van der Waals surface area contributed by atoms with Gasteiger partial charge in [-0.25, -0.2) is 4.98 Å². The number of thioether (sulfide) groups is 1. The Kier molecular flexibility index (Phi) is 5.28. The first-order chi connectivity index (χ1) is 17.0. The monoisotopic (exact) mass is 509 g/mol. The number of benzene rings is 1. The molecule has 0 radical (unpaired) electrons. The van der Waals surface area contributed by atoms with E-state index in [4.69, 9.17) is 4.98 Å². The summed E-state index contributed by atoms with van der Waals surface area (Å²) in [5.74, 6) is 2.55. The fourth-order valence-corrected chi connectivity index (χ4v) is 10.1. The molecule has 0 unspecified atom stereocenters. The van der Waals surface area contributed by atoms with Crippen molar-refractivity contribution < 1.29 is 14.4 Å². The van der Waals surface area contributed by atoms with Crippen molar-refractivity contribution in [2.75, 3.05) is 10.7 Å². The van der Waals surface area contributed by atoms with Gasteiger partial charge in [0.2, 0.25) is 17.7 Å². The van der Waals surface area contributed by atoms with Crippen LogP contribution in [0.25, 0.3) is 10.2 Å². The van der Waals surface area contributed by atoms with E-state index in [-0.39, 0.29) is 35.1 Å². The Hall–Kier alpha value is -1.93. The number of thiazole rings is 1. The standard InChI is InChI=1S/C27H31N3O3S2/c31-23(29-27-11-15-7-16(12-27)9-17(8-15)13-27)14-34-26-28-21-6-5-18(10-22(21)35-26)30-24(32)19-3-1-2-4-20(19)25(30)33/h5-6,10,15-17,19-20H,1-4,7-9,11-14H2,(H,29,31)/t15?,16?,17?,19-,20+,27?. The molecule has 2 aromatic rings. The number of nitrogens with one attached hydrogen (secondary N) is 1. The van der Waals surface area contributed by atoms with Crippen LogP contribution in [0.3, 0.4) is 0 Å². The molecule has 1 saturated heterocycles. The molecule has 2 atom stereocenters. The Balaban J connectivity index is 1.03. The van der Waals surface area contributed by atoms with Gasteiger partial charge in [-0.2, -0.15) is 0 Å².